The summed E-state index contributed by atoms with van der Waals surface area (Å²) in [7, 11) is 0. The first-order valence-corrected chi connectivity index (χ1v) is 10.5. The summed E-state index contributed by atoms with van der Waals surface area (Å²) < 4.78 is 0.887. The molecule has 0 saturated heterocycles. The van der Waals surface area contributed by atoms with Crippen molar-refractivity contribution in [3.63, 3.8) is 0 Å². The largest absolute Gasteiger partial charge is 0.0826 e. The van der Waals surface area contributed by atoms with Crippen LogP contribution in [0.4, 0.5) is 0 Å². The summed E-state index contributed by atoms with van der Waals surface area (Å²) in [6.07, 6.45) is 17.0. The molecule has 0 aromatic heterocycles. The molecule has 1 spiro atoms. The Kier molecular flexibility index (Phi) is 5.05. The van der Waals surface area contributed by atoms with Gasteiger partial charge in [-0.25, -0.2) is 0 Å². The number of fused-ring (bicyclic) bond motifs is 1. The van der Waals surface area contributed by atoms with Gasteiger partial charge >= 0.3 is 0 Å². The van der Waals surface area contributed by atoms with Crippen LogP contribution in [0.25, 0.3) is 0 Å². The van der Waals surface area contributed by atoms with Crippen LogP contribution in [0, 0.1) is 29.1 Å². The van der Waals surface area contributed by atoms with Crippen molar-refractivity contribution in [1.82, 2.24) is 0 Å². The zero-order valence-electron chi connectivity index (χ0n) is 13.5. The zero-order valence-corrected chi connectivity index (χ0v) is 15.7. The lowest BCUT2D eigenvalue weighted by Gasteiger charge is -2.31. The first-order valence-electron chi connectivity index (χ1n) is 9.24. The smallest absolute Gasteiger partial charge is 0.0110 e. The summed E-state index contributed by atoms with van der Waals surface area (Å²) >= 11 is 2.68. The van der Waals surface area contributed by atoms with Crippen molar-refractivity contribution in [3.05, 3.63) is 0 Å². The first-order chi connectivity index (χ1) is 9.60. The van der Waals surface area contributed by atoms with Crippen molar-refractivity contribution in [3.8, 4) is 0 Å². The summed E-state index contributed by atoms with van der Waals surface area (Å²) in [6.45, 7) is 5.00. The van der Waals surface area contributed by atoms with Crippen LogP contribution in [-0.4, -0.2) is 3.92 Å². The van der Waals surface area contributed by atoms with Gasteiger partial charge in [0.2, 0.25) is 0 Å². The molecule has 3 saturated carbocycles. The van der Waals surface area contributed by atoms with Crippen molar-refractivity contribution in [1.29, 1.82) is 0 Å². The van der Waals surface area contributed by atoms with Gasteiger partial charge in [-0.05, 0) is 74.0 Å². The number of hydrogen-bond acceptors (Lipinski definition) is 0. The molecule has 0 heterocycles. The van der Waals surface area contributed by atoms with E-state index >= 15 is 0 Å². The van der Waals surface area contributed by atoms with Gasteiger partial charge in [-0.3, -0.25) is 0 Å². The second-order valence-corrected chi connectivity index (χ2v) is 10.4. The predicted molar refractivity (Wildman–Crippen MR) is 96.3 cm³/mol. The number of alkyl halides is 1. The molecule has 0 radical (unpaired) electrons. The van der Waals surface area contributed by atoms with Crippen molar-refractivity contribution < 1.29 is 0 Å². The SMILES string of the molecule is CC(I)C1CCC2(CCCC(C)C3CCCC3CC2)C1. The van der Waals surface area contributed by atoms with Gasteiger partial charge in [0.25, 0.3) is 0 Å². The Labute approximate surface area is 140 Å². The van der Waals surface area contributed by atoms with Gasteiger partial charge in [0.1, 0.15) is 0 Å². The summed E-state index contributed by atoms with van der Waals surface area (Å²) in [5.74, 6) is 4.22. The fourth-order valence-electron chi connectivity index (χ4n) is 5.90. The topological polar surface area (TPSA) is 0 Å². The van der Waals surface area contributed by atoms with Gasteiger partial charge in [0.15, 0.2) is 0 Å². The van der Waals surface area contributed by atoms with Crippen LogP contribution in [-0.2, 0) is 0 Å². The van der Waals surface area contributed by atoms with Crippen molar-refractivity contribution in [2.45, 2.75) is 88.4 Å². The van der Waals surface area contributed by atoms with Crippen molar-refractivity contribution in [2.24, 2.45) is 29.1 Å². The van der Waals surface area contributed by atoms with Gasteiger partial charge in [-0.2, -0.15) is 0 Å². The van der Waals surface area contributed by atoms with Gasteiger partial charge < -0.3 is 0 Å². The molecule has 0 amide bonds. The van der Waals surface area contributed by atoms with Crippen LogP contribution < -0.4 is 0 Å². The lowest BCUT2D eigenvalue weighted by molar-refractivity contribution is 0.208. The average Bonchev–Trinajstić information content (AvgIpc) is 3.03. The highest BCUT2D eigenvalue weighted by Crippen LogP contribution is 2.54. The Morgan fingerprint density at radius 3 is 2.50 bits per heavy atom. The fourth-order valence-corrected chi connectivity index (χ4v) is 6.51. The molecule has 0 nitrogen and oxygen atoms in total. The molecular weight excluding hydrogens is 355 g/mol. The molecule has 1 heteroatoms. The maximum absolute atomic E-state index is 2.68. The van der Waals surface area contributed by atoms with Gasteiger partial charge in [0, 0.05) is 3.92 Å². The molecule has 0 aromatic carbocycles. The second-order valence-electron chi connectivity index (χ2n) is 8.44. The van der Waals surface area contributed by atoms with Crippen LogP contribution in [0.2, 0.25) is 0 Å². The fraction of sp³-hybridized carbons (Fsp3) is 1.00. The Morgan fingerprint density at radius 1 is 0.950 bits per heavy atom. The summed E-state index contributed by atoms with van der Waals surface area (Å²) in [5.41, 5.74) is 0.765. The maximum atomic E-state index is 2.68. The minimum atomic E-state index is 0.765. The van der Waals surface area contributed by atoms with Crippen LogP contribution in [0.15, 0.2) is 0 Å². The number of hydrogen-bond donors (Lipinski definition) is 0. The molecule has 3 aliphatic rings. The minimum Gasteiger partial charge on any atom is -0.0826 e. The first kappa shape index (κ1) is 15.6. The lowest BCUT2D eigenvalue weighted by atomic mass is 9.75. The zero-order chi connectivity index (χ0) is 14.2. The highest BCUT2D eigenvalue weighted by atomic mass is 127. The van der Waals surface area contributed by atoms with E-state index in [0.29, 0.717) is 0 Å². The Bertz CT molecular complexity index is 324. The monoisotopic (exact) mass is 388 g/mol. The molecule has 20 heavy (non-hydrogen) atoms. The highest BCUT2D eigenvalue weighted by molar-refractivity contribution is 14.1. The van der Waals surface area contributed by atoms with Crippen LogP contribution in [0.3, 0.4) is 0 Å². The minimum absolute atomic E-state index is 0.765. The van der Waals surface area contributed by atoms with E-state index in [1.54, 1.807) is 44.9 Å². The van der Waals surface area contributed by atoms with E-state index in [4.69, 9.17) is 0 Å². The van der Waals surface area contributed by atoms with Crippen LogP contribution in [0.5, 0.6) is 0 Å². The molecule has 0 N–H and O–H groups in total. The van der Waals surface area contributed by atoms with E-state index in [1.165, 1.54) is 25.7 Å². The van der Waals surface area contributed by atoms with E-state index < -0.39 is 0 Å². The predicted octanol–water partition coefficient (Wildman–Crippen LogP) is 6.61. The number of halogens is 1. The average molecular weight is 388 g/mol. The normalized spacial score (nSPS) is 47.5. The summed E-state index contributed by atoms with van der Waals surface area (Å²) in [6, 6.07) is 0. The summed E-state index contributed by atoms with van der Waals surface area (Å²) in [4.78, 5) is 0. The molecule has 3 rings (SSSR count). The highest BCUT2D eigenvalue weighted by Gasteiger charge is 2.42. The third-order valence-electron chi connectivity index (χ3n) is 7.25. The Balaban J connectivity index is 1.68. The van der Waals surface area contributed by atoms with E-state index in [2.05, 4.69) is 36.4 Å². The molecule has 6 atom stereocenters. The van der Waals surface area contributed by atoms with Crippen molar-refractivity contribution >= 4 is 22.6 Å². The van der Waals surface area contributed by atoms with Gasteiger partial charge in [-0.15, -0.1) is 0 Å². The number of rotatable bonds is 1. The standard InChI is InChI=1S/C19H33I/c1-14-5-4-10-19(12-9-17(13-19)15(2)20)11-8-16-6-3-7-18(14)16/h14-18H,3-13H2,1-2H3. The third kappa shape index (κ3) is 3.22. The summed E-state index contributed by atoms with van der Waals surface area (Å²) in [5, 5.41) is 0. The lowest BCUT2D eigenvalue weighted by Crippen LogP contribution is -2.20. The van der Waals surface area contributed by atoms with Crippen LogP contribution >= 0.6 is 22.6 Å². The second kappa shape index (κ2) is 6.46. The molecule has 0 bridgehead atoms. The van der Waals surface area contributed by atoms with Gasteiger partial charge in [0.05, 0.1) is 0 Å². The Hall–Kier alpha value is 0.730. The molecule has 116 valence electrons. The molecule has 3 fully saturated rings. The van der Waals surface area contributed by atoms with E-state index in [-0.39, 0.29) is 0 Å². The molecule has 6 unspecified atom stereocenters. The van der Waals surface area contributed by atoms with Crippen LogP contribution in [0.1, 0.15) is 84.5 Å². The van der Waals surface area contributed by atoms with Crippen molar-refractivity contribution in [2.75, 3.05) is 0 Å². The molecule has 3 aliphatic carbocycles. The van der Waals surface area contributed by atoms with Gasteiger partial charge in [-0.1, -0.05) is 62.1 Å². The maximum Gasteiger partial charge on any atom is 0.0110 e. The third-order valence-corrected chi connectivity index (χ3v) is 8.27. The van der Waals surface area contributed by atoms with E-state index in [0.717, 1.165) is 33.0 Å². The van der Waals surface area contributed by atoms with E-state index in [9.17, 15) is 0 Å². The molecule has 0 aromatic rings. The quantitative estimate of drug-likeness (QED) is 0.350. The molecule has 0 aliphatic heterocycles. The van der Waals surface area contributed by atoms with E-state index in [1.807, 2.05) is 0 Å². The molecular formula is C19H33I. The Morgan fingerprint density at radius 2 is 1.75 bits per heavy atom.